The largest absolute Gasteiger partial charge is 0.484 e. The van der Waals surface area contributed by atoms with Crippen molar-refractivity contribution >= 4 is 45.0 Å². The van der Waals surface area contributed by atoms with Gasteiger partial charge < -0.3 is 14.8 Å². The molecule has 1 aliphatic heterocycles. The van der Waals surface area contributed by atoms with Crippen LogP contribution in [0.3, 0.4) is 0 Å². The molecule has 11 heteroatoms. The molecule has 1 aliphatic rings. The van der Waals surface area contributed by atoms with E-state index in [-0.39, 0.29) is 40.4 Å². The number of hydrogen-bond donors (Lipinski definition) is 2. The summed E-state index contributed by atoms with van der Waals surface area (Å²) in [5.41, 5.74) is -0.124. The molecular weight excluding hydrogens is 470 g/mol. The Bertz CT molecular complexity index is 1160. The maximum absolute atomic E-state index is 13.5. The van der Waals surface area contributed by atoms with Crippen LogP contribution in [0, 0.1) is 0 Å². The molecule has 2 aromatic carbocycles. The third-order valence-corrected chi connectivity index (χ3v) is 6.51. The van der Waals surface area contributed by atoms with Crippen molar-refractivity contribution in [3.8, 4) is 5.75 Å². The fourth-order valence-corrected chi connectivity index (χ4v) is 4.96. The van der Waals surface area contributed by atoms with Crippen molar-refractivity contribution < 1.29 is 27.5 Å². The fraction of sp³-hybridized carbons (Fsp3) is 0.364. The van der Waals surface area contributed by atoms with Crippen molar-refractivity contribution in [3.63, 3.8) is 0 Å². The molecule has 33 heavy (non-hydrogen) atoms. The van der Waals surface area contributed by atoms with Crippen LogP contribution in [0.5, 0.6) is 5.75 Å². The molecule has 0 aliphatic carbocycles. The van der Waals surface area contributed by atoms with Crippen molar-refractivity contribution in [1.29, 1.82) is 0 Å². The van der Waals surface area contributed by atoms with Gasteiger partial charge in [0.1, 0.15) is 17.5 Å². The van der Waals surface area contributed by atoms with Crippen molar-refractivity contribution in [2.45, 2.75) is 44.3 Å². The van der Waals surface area contributed by atoms with Crippen LogP contribution in [0.15, 0.2) is 47.4 Å². The monoisotopic (exact) mass is 495 g/mol. The third kappa shape index (κ3) is 6.29. The molecule has 0 bridgehead atoms. The molecule has 1 heterocycles. The first-order valence-electron chi connectivity index (χ1n) is 10.2. The lowest BCUT2D eigenvalue weighted by Gasteiger charge is -2.35. The lowest BCUT2D eigenvalue weighted by atomic mass is 10.2. The van der Waals surface area contributed by atoms with Crippen LogP contribution in [0.4, 0.5) is 16.2 Å². The van der Waals surface area contributed by atoms with E-state index in [0.29, 0.717) is 5.69 Å². The number of halogens is 1. The van der Waals surface area contributed by atoms with Crippen molar-refractivity contribution in [2.75, 3.05) is 22.7 Å². The average Bonchev–Trinajstić information content (AvgIpc) is 2.70. The highest BCUT2D eigenvalue weighted by molar-refractivity contribution is 7.92. The zero-order valence-corrected chi connectivity index (χ0v) is 20.3. The standard InChI is InChI=1S/C22H26ClN3O6S/c1-14(27)24-12-17-13-26(33(29,30)18-7-5-6-15(23)10-18)19-11-16(8-9-20(19)31-17)25-21(28)32-22(2,3)4/h5-11,17H,12-13H2,1-4H3,(H,24,27)(H,25,28)/t17-/m0/s1. The Morgan fingerprint density at radius 3 is 2.58 bits per heavy atom. The Hall–Kier alpha value is -2.98. The molecule has 2 aromatic rings. The van der Waals surface area contributed by atoms with E-state index in [2.05, 4.69) is 10.6 Å². The molecule has 3 rings (SSSR count). The molecule has 0 fully saturated rings. The minimum Gasteiger partial charge on any atom is -0.484 e. The summed E-state index contributed by atoms with van der Waals surface area (Å²) >= 11 is 6.02. The van der Waals surface area contributed by atoms with Crippen LogP contribution < -0.4 is 19.7 Å². The van der Waals surface area contributed by atoms with E-state index >= 15 is 0 Å². The Morgan fingerprint density at radius 1 is 1.21 bits per heavy atom. The number of nitrogens with zero attached hydrogens (tertiary/aromatic N) is 1. The van der Waals surface area contributed by atoms with Crippen LogP contribution in [0.2, 0.25) is 5.02 Å². The summed E-state index contributed by atoms with van der Waals surface area (Å²) in [5, 5.41) is 5.53. The lowest BCUT2D eigenvalue weighted by molar-refractivity contribution is -0.119. The van der Waals surface area contributed by atoms with Gasteiger partial charge in [0.15, 0.2) is 0 Å². The number of fused-ring (bicyclic) bond motifs is 1. The van der Waals surface area contributed by atoms with Gasteiger partial charge in [-0.25, -0.2) is 13.2 Å². The van der Waals surface area contributed by atoms with Crippen molar-refractivity contribution in [2.24, 2.45) is 0 Å². The first kappa shape index (κ1) is 24.7. The van der Waals surface area contributed by atoms with Gasteiger partial charge in [-0.2, -0.15) is 0 Å². The minimum atomic E-state index is -4.03. The SMILES string of the molecule is CC(=O)NC[C@H]1CN(S(=O)(=O)c2cccc(Cl)c2)c2cc(NC(=O)OC(C)(C)C)ccc2O1. The minimum absolute atomic E-state index is 0.00614. The zero-order valence-electron chi connectivity index (χ0n) is 18.7. The van der Waals surface area contributed by atoms with Gasteiger partial charge in [-0.15, -0.1) is 0 Å². The molecule has 178 valence electrons. The van der Waals surface area contributed by atoms with Gasteiger partial charge in [-0.3, -0.25) is 14.4 Å². The van der Waals surface area contributed by atoms with Crippen LogP contribution in [0.25, 0.3) is 0 Å². The number of nitrogens with one attached hydrogen (secondary N) is 2. The molecule has 2 N–H and O–H groups in total. The zero-order chi connectivity index (χ0) is 24.4. The molecule has 2 amide bonds. The number of hydrogen-bond acceptors (Lipinski definition) is 6. The number of carbonyl (C=O) groups is 2. The van der Waals surface area contributed by atoms with E-state index in [4.69, 9.17) is 21.1 Å². The van der Waals surface area contributed by atoms with Gasteiger partial charge >= 0.3 is 6.09 Å². The smallest absolute Gasteiger partial charge is 0.412 e. The predicted molar refractivity (Wildman–Crippen MR) is 125 cm³/mol. The van der Waals surface area contributed by atoms with E-state index in [1.165, 1.54) is 29.4 Å². The molecule has 0 radical (unpaired) electrons. The summed E-state index contributed by atoms with van der Waals surface area (Å²) in [6.45, 7) is 6.64. The van der Waals surface area contributed by atoms with E-state index in [0.717, 1.165) is 0 Å². The number of sulfonamides is 1. The van der Waals surface area contributed by atoms with Crippen molar-refractivity contribution in [1.82, 2.24) is 5.32 Å². The number of rotatable bonds is 5. The third-order valence-electron chi connectivity index (χ3n) is 4.50. The number of amides is 2. The van der Waals surface area contributed by atoms with Gasteiger partial charge in [-0.05, 0) is 57.2 Å². The summed E-state index contributed by atoms with van der Waals surface area (Å²) in [7, 11) is -4.03. The van der Waals surface area contributed by atoms with Gasteiger partial charge in [-0.1, -0.05) is 17.7 Å². The first-order valence-corrected chi connectivity index (χ1v) is 12.0. The van der Waals surface area contributed by atoms with Crippen LogP contribution >= 0.6 is 11.6 Å². The Labute approximate surface area is 198 Å². The average molecular weight is 496 g/mol. The highest BCUT2D eigenvalue weighted by Gasteiger charge is 2.35. The van der Waals surface area contributed by atoms with Crippen LogP contribution in [-0.2, 0) is 19.6 Å². The quantitative estimate of drug-likeness (QED) is 0.652. The lowest BCUT2D eigenvalue weighted by Crippen LogP contribution is -2.48. The highest BCUT2D eigenvalue weighted by Crippen LogP contribution is 2.39. The molecule has 1 atom stereocenters. The molecule has 9 nitrogen and oxygen atoms in total. The molecule has 0 saturated carbocycles. The van der Waals surface area contributed by atoms with Gasteiger partial charge in [0.2, 0.25) is 5.91 Å². The van der Waals surface area contributed by atoms with Gasteiger partial charge in [0.05, 0.1) is 23.7 Å². The second-order valence-electron chi connectivity index (χ2n) is 8.48. The Balaban J connectivity index is 1.99. The maximum atomic E-state index is 13.5. The van der Waals surface area contributed by atoms with Gasteiger partial charge in [0, 0.05) is 17.6 Å². The van der Waals surface area contributed by atoms with Crippen LogP contribution in [-0.4, -0.2) is 45.2 Å². The maximum Gasteiger partial charge on any atom is 0.412 e. The normalized spacial score (nSPS) is 15.8. The van der Waals surface area contributed by atoms with E-state index in [9.17, 15) is 18.0 Å². The fourth-order valence-electron chi connectivity index (χ4n) is 3.16. The summed E-state index contributed by atoms with van der Waals surface area (Å²) in [6.07, 6.45) is -1.30. The molecule has 0 saturated heterocycles. The number of carbonyl (C=O) groups excluding carboxylic acids is 2. The van der Waals surface area contributed by atoms with E-state index in [1.807, 2.05) is 0 Å². The number of anilines is 2. The second-order valence-corrected chi connectivity index (χ2v) is 10.8. The number of ether oxygens (including phenoxy) is 2. The van der Waals surface area contributed by atoms with E-state index in [1.54, 1.807) is 45.0 Å². The van der Waals surface area contributed by atoms with E-state index < -0.39 is 27.8 Å². The number of benzene rings is 2. The molecular formula is C22H26ClN3O6S. The Morgan fingerprint density at radius 2 is 1.94 bits per heavy atom. The summed E-state index contributed by atoms with van der Waals surface area (Å²) in [4.78, 5) is 23.5. The Kier molecular flexibility index (Phi) is 7.08. The summed E-state index contributed by atoms with van der Waals surface area (Å²) in [6, 6.07) is 10.6. The summed E-state index contributed by atoms with van der Waals surface area (Å²) in [5.74, 6) is 0.0301. The topological polar surface area (TPSA) is 114 Å². The van der Waals surface area contributed by atoms with Crippen molar-refractivity contribution in [3.05, 3.63) is 47.5 Å². The van der Waals surface area contributed by atoms with Crippen LogP contribution in [0.1, 0.15) is 27.7 Å². The van der Waals surface area contributed by atoms with Gasteiger partial charge in [0.25, 0.3) is 10.0 Å². The highest BCUT2D eigenvalue weighted by atomic mass is 35.5. The second kappa shape index (κ2) is 9.48. The molecule has 0 aromatic heterocycles. The summed E-state index contributed by atoms with van der Waals surface area (Å²) < 4.78 is 39.4. The molecule has 0 spiro atoms. The predicted octanol–water partition coefficient (Wildman–Crippen LogP) is 3.78. The molecule has 0 unspecified atom stereocenters. The first-order chi connectivity index (χ1) is 15.3.